The molecule has 0 amide bonds. The maximum atomic E-state index is 13.9. The van der Waals surface area contributed by atoms with Gasteiger partial charge in [-0.2, -0.15) is 0 Å². The summed E-state index contributed by atoms with van der Waals surface area (Å²) in [4.78, 5) is 0. The maximum absolute atomic E-state index is 13.9. The second kappa shape index (κ2) is 5.92. The van der Waals surface area contributed by atoms with Crippen LogP contribution in [0.15, 0.2) is 39.3 Å². The summed E-state index contributed by atoms with van der Waals surface area (Å²) in [5.74, 6) is -0.499. The van der Waals surface area contributed by atoms with E-state index < -0.39 is 11.9 Å². The van der Waals surface area contributed by atoms with Gasteiger partial charge in [0.2, 0.25) is 0 Å². The van der Waals surface area contributed by atoms with Crippen molar-refractivity contribution < 1.29 is 9.50 Å². The fourth-order valence-corrected chi connectivity index (χ4v) is 2.96. The average Bonchev–Trinajstić information content (AvgIpc) is 2.31. The topological polar surface area (TPSA) is 20.2 Å². The molecule has 0 aromatic heterocycles. The molecule has 1 atom stereocenters. The lowest BCUT2D eigenvalue weighted by Gasteiger charge is -2.14. The average molecular weight is 408 g/mol. The lowest BCUT2D eigenvalue weighted by atomic mass is 9.99. The van der Waals surface area contributed by atoms with Crippen LogP contribution >= 0.6 is 43.5 Å². The molecule has 5 heteroatoms. The lowest BCUT2D eigenvalue weighted by Crippen LogP contribution is -2.03. The van der Waals surface area contributed by atoms with Crippen LogP contribution in [-0.2, 0) is 0 Å². The van der Waals surface area contributed by atoms with Crippen LogP contribution in [0.1, 0.15) is 22.8 Å². The molecular weight excluding hydrogens is 398 g/mol. The van der Waals surface area contributed by atoms with Crippen molar-refractivity contribution in [1.82, 2.24) is 0 Å². The van der Waals surface area contributed by atoms with Crippen LogP contribution in [0.5, 0.6) is 0 Å². The minimum atomic E-state index is -1.05. The highest BCUT2D eigenvalue weighted by Crippen LogP contribution is 2.32. The summed E-state index contributed by atoms with van der Waals surface area (Å²) < 4.78 is 15.2. The van der Waals surface area contributed by atoms with E-state index in [4.69, 9.17) is 11.6 Å². The van der Waals surface area contributed by atoms with Gasteiger partial charge < -0.3 is 5.11 Å². The number of benzene rings is 2. The largest absolute Gasteiger partial charge is 0.384 e. The van der Waals surface area contributed by atoms with Crippen LogP contribution in [-0.4, -0.2) is 5.11 Å². The van der Waals surface area contributed by atoms with Gasteiger partial charge in [-0.05, 0) is 58.2 Å². The van der Waals surface area contributed by atoms with Crippen molar-refractivity contribution in [3.05, 3.63) is 66.8 Å². The zero-order chi connectivity index (χ0) is 14.2. The molecule has 0 aliphatic heterocycles. The first-order valence-electron chi connectivity index (χ1n) is 5.48. The molecule has 2 aromatic rings. The van der Waals surface area contributed by atoms with Crippen molar-refractivity contribution in [2.75, 3.05) is 0 Å². The number of aliphatic hydroxyl groups excluding tert-OH is 1. The van der Waals surface area contributed by atoms with Crippen LogP contribution in [0, 0.1) is 12.7 Å². The molecule has 0 heterocycles. The van der Waals surface area contributed by atoms with Gasteiger partial charge in [-0.25, -0.2) is 4.39 Å². The van der Waals surface area contributed by atoms with Gasteiger partial charge >= 0.3 is 0 Å². The van der Waals surface area contributed by atoms with E-state index in [2.05, 4.69) is 31.9 Å². The third kappa shape index (κ3) is 3.37. The van der Waals surface area contributed by atoms with Gasteiger partial charge in [-0.1, -0.05) is 33.6 Å². The summed E-state index contributed by atoms with van der Waals surface area (Å²) >= 11 is 12.5. The Labute approximate surface area is 132 Å². The molecule has 1 unspecified atom stereocenters. The van der Waals surface area contributed by atoms with Crippen molar-refractivity contribution in [3.63, 3.8) is 0 Å². The Morgan fingerprint density at radius 1 is 1.16 bits per heavy atom. The Bertz CT molecular complexity index is 611. The first-order valence-corrected chi connectivity index (χ1v) is 7.44. The van der Waals surface area contributed by atoms with Gasteiger partial charge in [0, 0.05) is 14.5 Å². The molecule has 0 aliphatic carbocycles. The number of hydrogen-bond donors (Lipinski definition) is 1. The van der Waals surface area contributed by atoms with E-state index in [1.54, 1.807) is 6.07 Å². The van der Waals surface area contributed by atoms with Gasteiger partial charge in [0.1, 0.15) is 11.9 Å². The highest BCUT2D eigenvalue weighted by Gasteiger charge is 2.17. The molecule has 2 rings (SSSR count). The van der Waals surface area contributed by atoms with E-state index in [9.17, 15) is 9.50 Å². The Hall–Kier alpha value is -0.420. The molecule has 0 saturated carbocycles. The summed E-state index contributed by atoms with van der Waals surface area (Å²) in [6.45, 7) is 1.91. The van der Waals surface area contributed by atoms with Crippen molar-refractivity contribution in [2.45, 2.75) is 13.0 Å². The number of aliphatic hydroxyl groups is 1. The van der Waals surface area contributed by atoms with Crippen LogP contribution in [0.4, 0.5) is 4.39 Å². The summed E-state index contributed by atoms with van der Waals surface area (Å²) in [5.41, 5.74) is 1.75. The van der Waals surface area contributed by atoms with Crippen LogP contribution in [0.3, 0.4) is 0 Å². The molecule has 0 saturated heterocycles. The normalized spacial score (nSPS) is 12.5. The summed E-state index contributed by atoms with van der Waals surface area (Å²) in [6, 6.07) is 8.17. The quantitative estimate of drug-likeness (QED) is 0.660. The van der Waals surface area contributed by atoms with Gasteiger partial charge in [-0.3, -0.25) is 0 Å². The minimum absolute atomic E-state index is 0.158. The third-order valence-corrected chi connectivity index (χ3v) is 4.37. The van der Waals surface area contributed by atoms with E-state index in [1.807, 2.05) is 19.1 Å². The number of halogens is 4. The second-order valence-electron chi connectivity index (χ2n) is 4.25. The minimum Gasteiger partial charge on any atom is -0.384 e. The molecule has 0 fully saturated rings. The molecule has 1 N–H and O–H groups in total. The first-order chi connectivity index (χ1) is 8.88. The first kappa shape index (κ1) is 15.0. The van der Waals surface area contributed by atoms with Crippen molar-refractivity contribution in [2.24, 2.45) is 0 Å². The van der Waals surface area contributed by atoms with Crippen LogP contribution < -0.4 is 0 Å². The SMILES string of the molecule is Cc1cc(Br)cc(C(O)c2cc(Cl)c(Br)cc2F)c1. The zero-order valence-electron chi connectivity index (χ0n) is 9.92. The molecule has 1 nitrogen and oxygen atoms in total. The molecule has 0 radical (unpaired) electrons. The molecule has 0 aliphatic rings. The van der Waals surface area contributed by atoms with Crippen LogP contribution in [0.25, 0.3) is 0 Å². The van der Waals surface area contributed by atoms with Crippen molar-refractivity contribution >= 4 is 43.5 Å². The van der Waals surface area contributed by atoms with Gasteiger partial charge in [0.15, 0.2) is 0 Å². The molecule has 2 aromatic carbocycles. The number of aryl methyl sites for hydroxylation is 1. The standard InChI is InChI=1S/C14H10Br2ClFO/c1-7-2-8(4-9(15)3-7)14(19)10-5-12(17)11(16)6-13(10)18/h2-6,14,19H,1H3. The predicted molar refractivity (Wildman–Crippen MR) is 82.1 cm³/mol. The van der Waals surface area contributed by atoms with Gasteiger partial charge in [-0.15, -0.1) is 0 Å². The highest BCUT2D eigenvalue weighted by atomic mass is 79.9. The summed E-state index contributed by atoms with van der Waals surface area (Å²) in [5, 5.41) is 10.7. The van der Waals surface area contributed by atoms with Gasteiger partial charge in [0.05, 0.1) is 5.02 Å². The molecular formula is C14H10Br2ClFO. The predicted octanol–water partition coefficient (Wildman–Crippen LogP) is 5.39. The molecule has 19 heavy (non-hydrogen) atoms. The monoisotopic (exact) mass is 406 g/mol. The molecule has 0 spiro atoms. The fourth-order valence-electron chi connectivity index (χ4n) is 1.85. The van der Waals surface area contributed by atoms with E-state index >= 15 is 0 Å². The van der Waals surface area contributed by atoms with E-state index in [1.165, 1.54) is 12.1 Å². The fraction of sp³-hybridized carbons (Fsp3) is 0.143. The number of rotatable bonds is 2. The summed E-state index contributed by atoms with van der Waals surface area (Å²) in [6.07, 6.45) is -1.05. The Kier molecular flexibility index (Phi) is 4.66. The Morgan fingerprint density at radius 2 is 1.84 bits per heavy atom. The van der Waals surface area contributed by atoms with E-state index in [0.29, 0.717) is 15.1 Å². The van der Waals surface area contributed by atoms with Crippen molar-refractivity contribution in [1.29, 1.82) is 0 Å². The lowest BCUT2D eigenvalue weighted by molar-refractivity contribution is 0.215. The van der Waals surface area contributed by atoms with E-state index in [0.717, 1.165) is 10.0 Å². The van der Waals surface area contributed by atoms with Crippen molar-refractivity contribution in [3.8, 4) is 0 Å². The zero-order valence-corrected chi connectivity index (χ0v) is 13.9. The number of hydrogen-bond acceptors (Lipinski definition) is 1. The molecule has 0 bridgehead atoms. The maximum Gasteiger partial charge on any atom is 0.130 e. The second-order valence-corrected chi connectivity index (χ2v) is 6.43. The van der Waals surface area contributed by atoms with E-state index in [-0.39, 0.29) is 5.56 Å². The Balaban J connectivity index is 2.49. The third-order valence-electron chi connectivity index (χ3n) is 2.71. The smallest absolute Gasteiger partial charge is 0.130 e. The molecule has 100 valence electrons. The highest BCUT2D eigenvalue weighted by molar-refractivity contribution is 9.10. The van der Waals surface area contributed by atoms with Crippen LogP contribution in [0.2, 0.25) is 5.02 Å². The Morgan fingerprint density at radius 3 is 2.47 bits per heavy atom. The van der Waals surface area contributed by atoms with Gasteiger partial charge in [0.25, 0.3) is 0 Å². The summed E-state index contributed by atoms with van der Waals surface area (Å²) in [7, 11) is 0.